The number of ether oxygens (including phenoxy) is 1. The number of hydrogen-bond acceptors (Lipinski definition) is 4. The molecule has 30 heavy (non-hydrogen) atoms. The Hall–Kier alpha value is -3.61. The van der Waals surface area contributed by atoms with Crippen LogP contribution in [-0.2, 0) is 22.6 Å². The Morgan fingerprint density at radius 3 is 2.80 bits per heavy atom. The number of amides is 2. The van der Waals surface area contributed by atoms with Crippen LogP contribution in [0.1, 0.15) is 23.7 Å². The molecule has 0 saturated carbocycles. The number of rotatable bonds is 4. The van der Waals surface area contributed by atoms with Crippen molar-refractivity contribution in [3.8, 4) is 5.75 Å². The number of hydrazone groups is 1. The molecule has 0 bridgehead atoms. The number of carbonyl (C=O) groups is 2. The number of piperazine rings is 1. The van der Waals surface area contributed by atoms with E-state index in [0.29, 0.717) is 25.3 Å². The van der Waals surface area contributed by atoms with Crippen LogP contribution in [0.4, 0.5) is 0 Å². The summed E-state index contributed by atoms with van der Waals surface area (Å²) in [5.74, 6) is 0.442. The summed E-state index contributed by atoms with van der Waals surface area (Å²) in [4.78, 5) is 31.1. The molecule has 2 aliphatic heterocycles. The van der Waals surface area contributed by atoms with Crippen LogP contribution in [0.15, 0.2) is 53.6 Å². The van der Waals surface area contributed by atoms with E-state index in [1.165, 1.54) is 5.01 Å². The first-order chi connectivity index (χ1) is 14.7. The minimum atomic E-state index is -0.530. The predicted octanol–water partition coefficient (Wildman–Crippen LogP) is 2.70. The van der Waals surface area contributed by atoms with E-state index in [1.807, 2.05) is 49.4 Å². The van der Waals surface area contributed by atoms with Gasteiger partial charge in [0.1, 0.15) is 18.3 Å². The third-order valence-electron chi connectivity index (χ3n) is 5.70. The number of aromatic nitrogens is 1. The molecular formula is C23H22N4O3. The number of hydrogen-bond donors (Lipinski definition) is 1. The molecule has 3 heterocycles. The van der Waals surface area contributed by atoms with Crippen LogP contribution < -0.4 is 4.74 Å². The van der Waals surface area contributed by atoms with Crippen LogP contribution in [0.25, 0.3) is 10.9 Å². The monoisotopic (exact) mass is 402 g/mol. The van der Waals surface area contributed by atoms with Crippen molar-refractivity contribution in [3.05, 3.63) is 65.4 Å². The Kier molecular flexibility index (Phi) is 4.50. The maximum atomic E-state index is 13.2. The zero-order valence-corrected chi connectivity index (χ0v) is 16.7. The molecule has 1 N–H and O–H groups in total. The largest absolute Gasteiger partial charge is 0.493 e. The molecule has 1 aromatic heterocycles. The summed E-state index contributed by atoms with van der Waals surface area (Å²) in [5.41, 5.74) is 3.92. The summed E-state index contributed by atoms with van der Waals surface area (Å²) in [6.45, 7) is 2.82. The highest BCUT2D eigenvalue weighted by Gasteiger charge is 2.43. The zero-order chi connectivity index (χ0) is 20.7. The van der Waals surface area contributed by atoms with Gasteiger partial charge in [0.05, 0.1) is 19.4 Å². The lowest BCUT2D eigenvalue weighted by atomic mass is 9.94. The van der Waals surface area contributed by atoms with Gasteiger partial charge in [-0.3, -0.25) is 9.59 Å². The molecule has 0 unspecified atom stereocenters. The molecule has 3 aromatic rings. The summed E-state index contributed by atoms with van der Waals surface area (Å²) in [7, 11) is 0. The fourth-order valence-corrected chi connectivity index (χ4v) is 4.26. The van der Waals surface area contributed by atoms with Gasteiger partial charge in [-0.25, -0.2) is 5.01 Å². The quantitative estimate of drug-likeness (QED) is 0.682. The third-order valence-corrected chi connectivity index (χ3v) is 5.70. The van der Waals surface area contributed by atoms with Gasteiger partial charge in [-0.15, -0.1) is 0 Å². The van der Waals surface area contributed by atoms with Crippen molar-refractivity contribution in [2.75, 3.05) is 13.2 Å². The minimum Gasteiger partial charge on any atom is -0.493 e. The van der Waals surface area contributed by atoms with Crippen molar-refractivity contribution in [2.45, 2.75) is 25.9 Å². The molecule has 2 aromatic carbocycles. The molecule has 1 atom stereocenters. The van der Waals surface area contributed by atoms with Crippen LogP contribution in [0.2, 0.25) is 0 Å². The highest BCUT2D eigenvalue weighted by molar-refractivity contribution is 5.97. The van der Waals surface area contributed by atoms with E-state index < -0.39 is 6.04 Å². The number of nitrogens with zero attached hydrogens (tertiary/aromatic N) is 3. The lowest BCUT2D eigenvalue weighted by Gasteiger charge is -2.40. The van der Waals surface area contributed by atoms with Crippen molar-refractivity contribution in [1.82, 2.24) is 14.9 Å². The number of nitrogens with one attached hydrogen (secondary N) is 1. The highest BCUT2D eigenvalue weighted by atomic mass is 16.5. The van der Waals surface area contributed by atoms with Gasteiger partial charge in [-0.2, -0.15) is 5.10 Å². The summed E-state index contributed by atoms with van der Waals surface area (Å²) >= 11 is 0. The number of benzene rings is 2. The topological polar surface area (TPSA) is 78.0 Å². The average molecular weight is 402 g/mol. The maximum Gasteiger partial charge on any atom is 0.266 e. The maximum absolute atomic E-state index is 13.2. The zero-order valence-electron chi connectivity index (χ0n) is 16.7. The Bertz CT molecular complexity index is 1170. The fraction of sp³-hybridized carbons (Fsp3) is 0.261. The molecule has 5 rings (SSSR count). The van der Waals surface area contributed by atoms with Gasteiger partial charge < -0.3 is 14.6 Å². The Labute approximate surface area is 173 Å². The summed E-state index contributed by atoms with van der Waals surface area (Å²) in [5, 5.41) is 6.74. The normalized spacial score (nSPS) is 18.8. The molecule has 7 heteroatoms. The second kappa shape index (κ2) is 7.33. The first kappa shape index (κ1) is 18.4. The van der Waals surface area contributed by atoms with Crippen molar-refractivity contribution in [1.29, 1.82) is 0 Å². The van der Waals surface area contributed by atoms with Crippen LogP contribution in [0.5, 0.6) is 5.75 Å². The second-order valence-corrected chi connectivity index (χ2v) is 7.48. The van der Waals surface area contributed by atoms with Crippen LogP contribution >= 0.6 is 0 Å². The van der Waals surface area contributed by atoms with Gasteiger partial charge >= 0.3 is 0 Å². The standard InChI is InChI=1S/C23H22N4O3/c1-2-30-21-10-6-3-7-15(21)12-24-27-14-22(28)26-13-19-17(11-20(26)23(27)29)16-8-4-5-9-18(16)25-19/h3-10,12,20,25H,2,11,13-14H2,1H3/t20-/m0/s1. The van der Waals surface area contributed by atoms with E-state index in [0.717, 1.165) is 27.7 Å². The van der Waals surface area contributed by atoms with Crippen molar-refractivity contribution < 1.29 is 14.3 Å². The van der Waals surface area contributed by atoms with Crippen molar-refractivity contribution in [3.63, 3.8) is 0 Å². The fourth-order valence-electron chi connectivity index (χ4n) is 4.26. The van der Waals surface area contributed by atoms with E-state index in [9.17, 15) is 9.59 Å². The Balaban J connectivity index is 1.43. The van der Waals surface area contributed by atoms with E-state index >= 15 is 0 Å². The molecule has 7 nitrogen and oxygen atoms in total. The van der Waals surface area contributed by atoms with E-state index in [4.69, 9.17) is 4.74 Å². The number of H-pyrrole nitrogens is 1. The summed E-state index contributed by atoms with van der Waals surface area (Å²) in [6, 6.07) is 15.0. The van der Waals surface area contributed by atoms with Crippen molar-refractivity contribution in [2.24, 2.45) is 5.10 Å². The van der Waals surface area contributed by atoms with Gasteiger partial charge in [-0.05, 0) is 30.7 Å². The first-order valence-corrected chi connectivity index (χ1v) is 10.1. The first-order valence-electron chi connectivity index (χ1n) is 10.1. The van der Waals surface area contributed by atoms with E-state index in [-0.39, 0.29) is 18.4 Å². The van der Waals surface area contributed by atoms with E-state index in [1.54, 1.807) is 11.1 Å². The second-order valence-electron chi connectivity index (χ2n) is 7.48. The number of para-hydroxylation sites is 2. The minimum absolute atomic E-state index is 0.0573. The van der Waals surface area contributed by atoms with Gasteiger partial charge in [0, 0.05) is 28.6 Å². The predicted molar refractivity (Wildman–Crippen MR) is 113 cm³/mol. The van der Waals surface area contributed by atoms with Gasteiger partial charge in [0.2, 0.25) is 5.91 Å². The van der Waals surface area contributed by atoms with Crippen molar-refractivity contribution >= 4 is 28.9 Å². The number of aromatic amines is 1. The van der Waals surface area contributed by atoms with Crippen LogP contribution in [0, 0.1) is 0 Å². The van der Waals surface area contributed by atoms with E-state index in [2.05, 4.69) is 16.2 Å². The van der Waals surface area contributed by atoms with Crippen LogP contribution in [0.3, 0.4) is 0 Å². The molecule has 2 amide bonds. The number of fused-ring (bicyclic) bond motifs is 4. The number of carbonyl (C=O) groups excluding carboxylic acids is 2. The smallest absolute Gasteiger partial charge is 0.266 e. The summed E-state index contributed by atoms with van der Waals surface area (Å²) in [6.07, 6.45) is 2.08. The lowest BCUT2D eigenvalue weighted by molar-refractivity contribution is -0.157. The lowest BCUT2D eigenvalue weighted by Crippen LogP contribution is -2.60. The Morgan fingerprint density at radius 1 is 1.13 bits per heavy atom. The highest BCUT2D eigenvalue weighted by Crippen LogP contribution is 2.32. The summed E-state index contributed by atoms with van der Waals surface area (Å²) < 4.78 is 5.61. The van der Waals surface area contributed by atoms with Gasteiger partial charge in [0.15, 0.2) is 0 Å². The molecule has 0 spiro atoms. The molecule has 1 fully saturated rings. The SMILES string of the molecule is CCOc1ccccc1C=NN1CC(=O)N2Cc3[nH]c4ccccc4c3C[C@H]2C1=O. The Morgan fingerprint density at radius 2 is 1.93 bits per heavy atom. The van der Waals surface area contributed by atoms with Gasteiger partial charge in [0.25, 0.3) is 5.91 Å². The molecule has 0 radical (unpaired) electrons. The molecule has 2 aliphatic rings. The van der Waals surface area contributed by atoms with Gasteiger partial charge in [-0.1, -0.05) is 30.3 Å². The average Bonchev–Trinajstić information content (AvgIpc) is 3.13. The molecule has 1 saturated heterocycles. The van der Waals surface area contributed by atoms with Crippen LogP contribution in [-0.4, -0.2) is 52.1 Å². The molecule has 0 aliphatic carbocycles. The molecule has 152 valence electrons. The third kappa shape index (κ3) is 3.03. The molecular weight excluding hydrogens is 380 g/mol.